The summed E-state index contributed by atoms with van der Waals surface area (Å²) in [5, 5.41) is 14.8. The summed E-state index contributed by atoms with van der Waals surface area (Å²) >= 11 is 1.60. The smallest absolute Gasteiger partial charge is 0.306 e. The van der Waals surface area contributed by atoms with Crippen molar-refractivity contribution in [2.24, 2.45) is 11.8 Å². The van der Waals surface area contributed by atoms with E-state index in [4.69, 9.17) is 5.11 Å². The maximum Gasteiger partial charge on any atom is 0.306 e. The van der Waals surface area contributed by atoms with Crippen molar-refractivity contribution in [3.8, 4) is 0 Å². The average Bonchev–Trinajstić information content (AvgIpc) is 2.98. The van der Waals surface area contributed by atoms with Crippen LogP contribution in [0.1, 0.15) is 30.0 Å². The highest BCUT2D eigenvalue weighted by atomic mass is 32.1. The summed E-state index contributed by atoms with van der Waals surface area (Å²) in [4.78, 5) is 27.1. The number of aliphatic carboxylic acids is 1. The number of hydrogen-bond acceptors (Lipinski definition) is 4. The van der Waals surface area contributed by atoms with E-state index in [-0.39, 0.29) is 17.7 Å². The quantitative estimate of drug-likeness (QED) is 0.860. The third-order valence-corrected chi connectivity index (χ3v) is 4.48. The molecule has 0 aliphatic heterocycles. The molecule has 104 valence electrons. The zero-order valence-electron chi connectivity index (χ0n) is 10.9. The molecule has 1 amide bonds. The fourth-order valence-corrected chi connectivity index (χ4v) is 3.17. The van der Waals surface area contributed by atoms with E-state index in [1.807, 2.05) is 12.3 Å². The van der Waals surface area contributed by atoms with Crippen molar-refractivity contribution >= 4 is 23.2 Å². The lowest BCUT2D eigenvalue weighted by atomic mass is 10.0. The van der Waals surface area contributed by atoms with Crippen molar-refractivity contribution in [2.45, 2.75) is 32.6 Å². The maximum absolute atomic E-state index is 11.9. The van der Waals surface area contributed by atoms with E-state index in [9.17, 15) is 9.59 Å². The van der Waals surface area contributed by atoms with Crippen LogP contribution in [0, 0.1) is 18.8 Å². The number of aryl methyl sites for hydroxylation is 1. The predicted molar refractivity (Wildman–Crippen MR) is 72.0 cm³/mol. The second kappa shape index (κ2) is 6.14. The normalized spacial score (nSPS) is 22.4. The molecule has 2 rings (SSSR count). The minimum absolute atomic E-state index is 0.0166. The summed E-state index contributed by atoms with van der Waals surface area (Å²) in [7, 11) is 0. The van der Waals surface area contributed by atoms with E-state index in [1.54, 1.807) is 11.3 Å². The Hall–Kier alpha value is -1.43. The Bertz CT molecular complexity index is 472. The molecular formula is C13H18N2O3S. The molecule has 1 aliphatic carbocycles. The highest BCUT2D eigenvalue weighted by Crippen LogP contribution is 2.31. The molecule has 1 saturated carbocycles. The molecule has 2 unspecified atom stereocenters. The highest BCUT2D eigenvalue weighted by Gasteiger charge is 2.33. The predicted octanol–water partition coefficient (Wildman–Crippen LogP) is 1.61. The second-order valence-corrected chi connectivity index (χ2v) is 5.91. The molecule has 5 nitrogen and oxygen atoms in total. The Morgan fingerprint density at radius 2 is 2.21 bits per heavy atom. The lowest BCUT2D eigenvalue weighted by Gasteiger charge is -2.10. The number of hydrogen-bond donors (Lipinski definition) is 2. The number of nitrogens with one attached hydrogen (secondary N) is 1. The molecule has 1 fully saturated rings. The van der Waals surface area contributed by atoms with Crippen molar-refractivity contribution in [2.75, 3.05) is 6.54 Å². The van der Waals surface area contributed by atoms with E-state index in [0.29, 0.717) is 25.8 Å². The van der Waals surface area contributed by atoms with Crippen molar-refractivity contribution in [3.05, 3.63) is 16.1 Å². The van der Waals surface area contributed by atoms with Gasteiger partial charge in [0.15, 0.2) is 0 Å². The topological polar surface area (TPSA) is 79.3 Å². The van der Waals surface area contributed by atoms with E-state index in [0.717, 1.165) is 17.1 Å². The summed E-state index contributed by atoms with van der Waals surface area (Å²) in [5.41, 5.74) is 1.01. The molecule has 0 saturated heterocycles. The summed E-state index contributed by atoms with van der Waals surface area (Å²) < 4.78 is 0. The van der Waals surface area contributed by atoms with E-state index >= 15 is 0 Å². The Balaban J connectivity index is 1.72. The third-order valence-electron chi connectivity index (χ3n) is 3.46. The van der Waals surface area contributed by atoms with Gasteiger partial charge in [0.2, 0.25) is 5.91 Å². The molecule has 0 spiro atoms. The van der Waals surface area contributed by atoms with Gasteiger partial charge in [-0.05, 0) is 26.2 Å². The van der Waals surface area contributed by atoms with Crippen LogP contribution in [0.2, 0.25) is 0 Å². The molecule has 2 N–H and O–H groups in total. The lowest BCUT2D eigenvalue weighted by Crippen LogP contribution is -2.31. The Morgan fingerprint density at radius 1 is 1.47 bits per heavy atom. The van der Waals surface area contributed by atoms with Crippen LogP contribution in [0.5, 0.6) is 0 Å². The van der Waals surface area contributed by atoms with E-state index in [1.165, 1.54) is 0 Å². The van der Waals surface area contributed by atoms with Crippen LogP contribution in [0.25, 0.3) is 0 Å². The van der Waals surface area contributed by atoms with Crippen LogP contribution in [0.4, 0.5) is 0 Å². The zero-order chi connectivity index (χ0) is 13.8. The minimum Gasteiger partial charge on any atom is -0.481 e. The van der Waals surface area contributed by atoms with Crippen molar-refractivity contribution < 1.29 is 14.7 Å². The molecule has 1 heterocycles. The SMILES string of the molecule is Cc1csc(CCNC(=O)C2CCC(C(=O)O)C2)n1. The van der Waals surface area contributed by atoms with Crippen molar-refractivity contribution in [1.29, 1.82) is 0 Å². The molecule has 1 aliphatic rings. The van der Waals surface area contributed by atoms with E-state index < -0.39 is 5.97 Å². The zero-order valence-corrected chi connectivity index (χ0v) is 11.7. The van der Waals surface area contributed by atoms with Gasteiger partial charge in [0.25, 0.3) is 0 Å². The van der Waals surface area contributed by atoms with Crippen LogP contribution in [0.15, 0.2) is 5.38 Å². The molecule has 1 aromatic heterocycles. The lowest BCUT2D eigenvalue weighted by molar-refractivity contribution is -0.141. The van der Waals surface area contributed by atoms with Crippen molar-refractivity contribution in [1.82, 2.24) is 10.3 Å². The van der Waals surface area contributed by atoms with Crippen molar-refractivity contribution in [3.63, 3.8) is 0 Å². The number of thiazole rings is 1. The van der Waals surface area contributed by atoms with Crippen LogP contribution >= 0.6 is 11.3 Å². The first kappa shape index (κ1) is 14.0. The Kier molecular flexibility index (Phi) is 4.52. The largest absolute Gasteiger partial charge is 0.481 e. The number of nitrogens with zero attached hydrogens (tertiary/aromatic N) is 1. The molecular weight excluding hydrogens is 264 g/mol. The Labute approximate surface area is 116 Å². The van der Waals surface area contributed by atoms with Gasteiger partial charge in [0.05, 0.1) is 10.9 Å². The standard InChI is InChI=1S/C13H18N2O3S/c1-8-7-19-11(15-8)4-5-14-12(16)9-2-3-10(6-9)13(17)18/h7,9-10H,2-6H2,1H3,(H,14,16)(H,17,18). The summed E-state index contributed by atoms with van der Waals surface area (Å²) in [5.74, 6) is -1.29. The first-order valence-electron chi connectivity index (χ1n) is 6.48. The van der Waals surface area contributed by atoms with Gasteiger partial charge in [-0.25, -0.2) is 4.98 Å². The van der Waals surface area contributed by atoms with Gasteiger partial charge in [-0.3, -0.25) is 9.59 Å². The third kappa shape index (κ3) is 3.76. The number of carbonyl (C=O) groups excluding carboxylic acids is 1. The van der Waals surface area contributed by atoms with Gasteiger partial charge >= 0.3 is 5.97 Å². The summed E-state index contributed by atoms with van der Waals surface area (Å²) in [6.07, 6.45) is 2.50. The van der Waals surface area contributed by atoms with Gasteiger partial charge in [0, 0.05) is 30.0 Å². The molecule has 1 aromatic rings. The number of carboxylic acid groups (broad SMARTS) is 1. The van der Waals surface area contributed by atoms with Crippen LogP contribution in [-0.4, -0.2) is 28.5 Å². The first-order chi connectivity index (χ1) is 9.06. The molecule has 6 heteroatoms. The number of carbonyl (C=O) groups is 2. The van der Waals surface area contributed by atoms with Crippen LogP contribution in [0.3, 0.4) is 0 Å². The summed E-state index contributed by atoms with van der Waals surface area (Å²) in [6, 6.07) is 0. The maximum atomic E-state index is 11.9. The molecule has 19 heavy (non-hydrogen) atoms. The molecule has 0 bridgehead atoms. The first-order valence-corrected chi connectivity index (χ1v) is 7.35. The fourth-order valence-electron chi connectivity index (χ4n) is 2.40. The van der Waals surface area contributed by atoms with Gasteiger partial charge in [-0.2, -0.15) is 0 Å². The average molecular weight is 282 g/mol. The number of carboxylic acids is 1. The fraction of sp³-hybridized carbons (Fsp3) is 0.615. The monoisotopic (exact) mass is 282 g/mol. The van der Waals surface area contributed by atoms with E-state index in [2.05, 4.69) is 10.3 Å². The summed E-state index contributed by atoms with van der Waals surface area (Å²) in [6.45, 7) is 2.52. The van der Waals surface area contributed by atoms with Gasteiger partial charge < -0.3 is 10.4 Å². The second-order valence-electron chi connectivity index (χ2n) is 4.97. The minimum atomic E-state index is -0.784. The number of aromatic nitrogens is 1. The highest BCUT2D eigenvalue weighted by molar-refractivity contribution is 7.09. The number of rotatable bonds is 5. The molecule has 0 radical (unpaired) electrons. The Morgan fingerprint density at radius 3 is 2.79 bits per heavy atom. The molecule has 2 atom stereocenters. The van der Waals surface area contributed by atoms with Gasteiger partial charge in [-0.1, -0.05) is 0 Å². The van der Waals surface area contributed by atoms with Crippen LogP contribution in [-0.2, 0) is 16.0 Å². The van der Waals surface area contributed by atoms with Crippen LogP contribution < -0.4 is 5.32 Å². The number of amides is 1. The van der Waals surface area contributed by atoms with Gasteiger partial charge in [-0.15, -0.1) is 11.3 Å². The molecule has 0 aromatic carbocycles. The van der Waals surface area contributed by atoms with Gasteiger partial charge in [0.1, 0.15) is 0 Å².